The van der Waals surface area contributed by atoms with Crippen LogP contribution in [0.3, 0.4) is 0 Å². The predicted octanol–water partition coefficient (Wildman–Crippen LogP) is 1.24. The van der Waals surface area contributed by atoms with E-state index in [9.17, 15) is 19.2 Å². The molecule has 4 atom stereocenters. The van der Waals surface area contributed by atoms with Crippen molar-refractivity contribution in [1.82, 2.24) is 10.2 Å². The summed E-state index contributed by atoms with van der Waals surface area (Å²) in [4.78, 5) is 53.9. The average Bonchev–Trinajstić information content (AvgIpc) is 3.46. The molecule has 2 fully saturated rings. The Labute approximate surface area is 214 Å². The van der Waals surface area contributed by atoms with Gasteiger partial charge in [-0.3, -0.25) is 29.4 Å². The molecular weight excluding hydrogens is 476 g/mol. The van der Waals surface area contributed by atoms with Gasteiger partial charge in [-0.1, -0.05) is 24.3 Å². The fourth-order valence-electron chi connectivity index (χ4n) is 6.08. The van der Waals surface area contributed by atoms with E-state index in [2.05, 4.69) is 10.6 Å². The Kier molecular flexibility index (Phi) is 6.15. The number of primary amides is 1. The number of ether oxygens (including phenoxy) is 2. The van der Waals surface area contributed by atoms with Crippen LogP contribution in [0.2, 0.25) is 0 Å². The van der Waals surface area contributed by atoms with Crippen LogP contribution in [-0.4, -0.2) is 55.3 Å². The van der Waals surface area contributed by atoms with Gasteiger partial charge in [0, 0.05) is 30.3 Å². The van der Waals surface area contributed by atoms with Crippen LogP contribution in [-0.2, 0) is 31.1 Å². The first-order valence-electron chi connectivity index (χ1n) is 12.3. The molecule has 3 aliphatic rings. The number of anilines is 1. The molecule has 4 unspecified atom stereocenters. The number of para-hydroxylation sites is 1. The maximum atomic E-state index is 13.9. The molecule has 0 aromatic heterocycles. The van der Waals surface area contributed by atoms with Crippen molar-refractivity contribution in [1.29, 1.82) is 0 Å². The molecule has 4 N–H and O–H groups in total. The third-order valence-electron chi connectivity index (χ3n) is 7.82. The maximum absolute atomic E-state index is 13.9. The van der Waals surface area contributed by atoms with E-state index in [1.807, 2.05) is 37.3 Å². The summed E-state index contributed by atoms with van der Waals surface area (Å²) in [6, 6.07) is 10.4. The first kappa shape index (κ1) is 24.8. The topological polar surface area (TPSA) is 140 Å². The second kappa shape index (κ2) is 9.19. The lowest BCUT2D eigenvalue weighted by Gasteiger charge is -2.29. The van der Waals surface area contributed by atoms with Gasteiger partial charge >= 0.3 is 0 Å². The van der Waals surface area contributed by atoms with Crippen LogP contribution in [0.4, 0.5) is 5.69 Å². The summed E-state index contributed by atoms with van der Waals surface area (Å²) in [5.41, 5.74) is 7.04. The zero-order valence-electron chi connectivity index (χ0n) is 21.0. The molecule has 0 saturated carbocycles. The van der Waals surface area contributed by atoms with Crippen LogP contribution in [0.1, 0.15) is 29.5 Å². The Bertz CT molecular complexity index is 1310. The number of fused-ring (bicyclic) bond motifs is 4. The highest BCUT2D eigenvalue weighted by atomic mass is 16.5. The quantitative estimate of drug-likeness (QED) is 0.458. The highest BCUT2D eigenvalue weighted by Crippen LogP contribution is 2.54. The Morgan fingerprint density at radius 1 is 1.08 bits per heavy atom. The number of likely N-dealkylation sites (tertiary alicyclic amines) is 1. The number of nitrogens with zero attached hydrogens (tertiary/aromatic N) is 1. The van der Waals surface area contributed by atoms with Crippen molar-refractivity contribution in [2.45, 2.75) is 37.8 Å². The summed E-state index contributed by atoms with van der Waals surface area (Å²) in [5.74, 6) is -2.18. The molecule has 2 saturated heterocycles. The molecule has 1 spiro atoms. The first-order valence-corrected chi connectivity index (χ1v) is 12.3. The Balaban J connectivity index is 1.48. The normalized spacial score (nSPS) is 25.9. The number of nitrogens with two attached hydrogens (primary N) is 1. The minimum atomic E-state index is -1.39. The van der Waals surface area contributed by atoms with Gasteiger partial charge in [-0.25, -0.2) is 0 Å². The number of carbonyl (C=O) groups is 4. The van der Waals surface area contributed by atoms with Crippen molar-refractivity contribution in [3.63, 3.8) is 0 Å². The maximum Gasteiger partial charge on any atom is 0.250 e. The SMILES string of the molecule is COc1ccc(CCN2C(=O)C3C(CCC(N)=O)NC4(C(=O)Nc5c(C)cccc54)C3C2=O)cc1OC. The standard InChI is InChI=1S/C27H30N4O6/c1-14-5-4-6-16-23(14)29-26(35)27(16)22-21(17(30-27)8-10-20(28)32)24(33)31(25(22)34)12-11-15-7-9-18(36-2)19(13-15)37-3/h4-7,9,13,17,21-22,30H,8,10-12H2,1-3H3,(H2,28,32)(H,29,35). The van der Waals surface area contributed by atoms with E-state index in [1.165, 1.54) is 4.90 Å². The fraction of sp³-hybridized carbons (Fsp3) is 0.407. The molecule has 194 valence electrons. The third-order valence-corrected chi connectivity index (χ3v) is 7.82. The largest absolute Gasteiger partial charge is 0.493 e. The van der Waals surface area contributed by atoms with Crippen molar-refractivity contribution in [2.24, 2.45) is 17.6 Å². The molecule has 10 nitrogen and oxygen atoms in total. The highest BCUT2D eigenvalue weighted by molar-refractivity contribution is 6.15. The van der Waals surface area contributed by atoms with Crippen LogP contribution in [0.5, 0.6) is 11.5 Å². The average molecular weight is 507 g/mol. The number of benzene rings is 2. The number of aryl methyl sites for hydroxylation is 1. The van der Waals surface area contributed by atoms with Crippen LogP contribution in [0.25, 0.3) is 0 Å². The predicted molar refractivity (Wildman–Crippen MR) is 134 cm³/mol. The Hall–Kier alpha value is -3.92. The summed E-state index contributed by atoms with van der Waals surface area (Å²) in [7, 11) is 3.09. The Morgan fingerprint density at radius 3 is 2.54 bits per heavy atom. The Morgan fingerprint density at radius 2 is 1.84 bits per heavy atom. The zero-order chi connectivity index (χ0) is 26.5. The molecule has 3 aliphatic heterocycles. The number of nitrogens with one attached hydrogen (secondary N) is 2. The molecule has 37 heavy (non-hydrogen) atoms. The molecule has 0 radical (unpaired) electrons. The van der Waals surface area contributed by atoms with E-state index in [0.29, 0.717) is 29.2 Å². The lowest BCUT2D eigenvalue weighted by Crippen LogP contribution is -2.53. The summed E-state index contributed by atoms with van der Waals surface area (Å²) in [6.07, 6.45) is 0.688. The number of imide groups is 1. The molecule has 0 aliphatic carbocycles. The van der Waals surface area contributed by atoms with Crippen LogP contribution < -0.4 is 25.8 Å². The summed E-state index contributed by atoms with van der Waals surface area (Å²) in [5, 5.41) is 6.25. The van der Waals surface area contributed by atoms with Gasteiger partial charge in [-0.2, -0.15) is 0 Å². The van der Waals surface area contributed by atoms with E-state index in [-0.39, 0.29) is 31.2 Å². The second-order valence-corrected chi connectivity index (χ2v) is 9.79. The summed E-state index contributed by atoms with van der Waals surface area (Å²) in [6.45, 7) is 2.03. The van der Waals surface area contributed by atoms with E-state index >= 15 is 0 Å². The van der Waals surface area contributed by atoms with Crippen molar-refractivity contribution in [3.05, 3.63) is 53.1 Å². The van der Waals surface area contributed by atoms with Crippen LogP contribution >= 0.6 is 0 Å². The smallest absolute Gasteiger partial charge is 0.250 e. The van der Waals surface area contributed by atoms with Gasteiger partial charge in [0.1, 0.15) is 5.54 Å². The number of amides is 4. The molecule has 3 heterocycles. The fourth-order valence-corrected chi connectivity index (χ4v) is 6.08. The van der Waals surface area contributed by atoms with E-state index in [0.717, 1.165) is 11.1 Å². The number of methoxy groups -OCH3 is 2. The molecule has 10 heteroatoms. The molecule has 4 amide bonds. The summed E-state index contributed by atoms with van der Waals surface area (Å²) < 4.78 is 10.7. The van der Waals surface area contributed by atoms with E-state index in [4.69, 9.17) is 15.2 Å². The lowest BCUT2D eigenvalue weighted by molar-refractivity contribution is -0.142. The van der Waals surface area contributed by atoms with E-state index < -0.39 is 35.2 Å². The summed E-state index contributed by atoms with van der Waals surface area (Å²) >= 11 is 0. The first-order chi connectivity index (χ1) is 17.7. The van der Waals surface area contributed by atoms with Crippen LogP contribution in [0.15, 0.2) is 36.4 Å². The van der Waals surface area contributed by atoms with Crippen molar-refractivity contribution in [3.8, 4) is 11.5 Å². The lowest BCUT2D eigenvalue weighted by atomic mass is 9.76. The van der Waals surface area contributed by atoms with Gasteiger partial charge < -0.3 is 20.5 Å². The van der Waals surface area contributed by atoms with Gasteiger partial charge in [0.05, 0.1) is 26.1 Å². The second-order valence-electron chi connectivity index (χ2n) is 9.79. The van der Waals surface area contributed by atoms with Crippen molar-refractivity contribution >= 4 is 29.3 Å². The van der Waals surface area contributed by atoms with Crippen molar-refractivity contribution in [2.75, 3.05) is 26.1 Å². The number of hydrogen-bond acceptors (Lipinski definition) is 7. The van der Waals surface area contributed by atoms with Gasteiger partial charge in [0.15, 0.2) is 11.5 Å². The molecule has 0 bridgehead atoms. The third kappa shape index (κ3) is 3.74. The van der Waals surface area contributed by atoms with Crippen molar-refractivity contribution < 1.29 is 28.7 Å². The molecule has 2 aromatic carbocycles. The van der Waals surface area contributed by atoms with Gasteiger partial charge in [-0.05, 0) is 43.0 Å². The highest BCUT2D eigenvalue weighted by Gasteiger charge is 2.70. The van der Waals surface area contributed by atoms with Crippen LogP contribution in [0, 0.1) is 18.8 Å². The minimum Gasteiger partial charge on any atom is -0.493 e. The number of rotatable bonds is 8. The molecular formula is C27H30N4O6. The van der Waals surface area contributed by atoms with Gasteiger partial charge in [0.25, 0.3) is 0 Å². The van der Waals surface area contributed by atoms with E-state index in [1.54, 1.807) is 20.3 Å². The number of hydrogen-bond donors (Lipinski definition) is 3. The zero-order valence-corrected chi connectivity index (χ0v) is 21.0. The monoisotopic (exact) mass is 506 g/mol. The molecule has 5 rings (SSSR count). The number of carbonyl (C=O) groups excluding carboxylic acids is 4. The van der Waals surface area contributed by atoms with Gasteiger partial charge in [-0.15, -0.1) is 0 Å². The molecule has 2 aromatic rings. The minimum absolute atomic E-state index is 0.0341. The van der Waals surface area contributed by atoms with Gasteiger partial charge in [0.2, 0.25) is 23.6 Å².